The molecular weight excluding hydrogens is 244 g/mol. The van der Waals surface area contributed by atoms with Crippen molar-refractivity contribution >= 4 is 0 Å². The lowest BCUT2D eigenvalue weighted by molar-refractivity contribution is 0.0757. The molecule has 5 heteroatoms. The molecule has 0 radical (unpaired) electrons. The standard InChI is InChI=1S/C8H19NO2.C6H15NO/c1-3-9(4-2)5-7-11-8-6-10;1-3-7(4-2)5-6-8/h10H,3-8H2,1-2H3;8H,3-6H2,1-2H3. The molecule has 0 aliphatic heterocycles. The van der Waals surface area contributed by atoms with Crippen molar-refractivity contribution in [2.24, 2.45) is 0 Å². The van der Waals surface area contributed by atoms with Crippen LogP contribution in [0.3, 0.4) is 0 Å². The third-order valence-corrected chi connectivity index (χ3v) is 2.99. The van der Waals surface area contributed by atoms with Gasteiger partial charge < -0.3 is 24.7 Å². The molecular formula is C14H34N2O3. The molecule has 0 heterocycles. The maximum Gasteiger partial charge on any atom is 0.0698 e. The first-order valence-electron chi connectivity index (χ1n) is 7.44. The van der Waals surface area contributed by atoms with Crippen LogP contribution < -0.4 is 0 Å². The van der Waals surface area contributed by atoms with Crippen molar-refractivity contribution in [2.45, 2.75) is 27.7 Å². The smallest absolute Gasteiger partial charge is 0.0698 e. The molecule has 0 aromatic rings. The van der Waals surface area contributed by atoms with E-state index in [2.05, 4.69) is 37.5 Å². The first kappa shape index (κ1) is 21.1. The van der Waals surface area contributed by atoms with Gasteiger partial charge in [0.1, 0.15) is 0 Å². The van der Waals surface area contributed by atoms with Crippen LogP contribution in [0.2, 0.25) is 0 Å². The zero-order valence-electron chi connectivity index (χ0n) is 13.3. The van der Waals surface area contributed by atoms with Crippen LogP contribution >= 0.6 is 0 Å². The van der Waals surface area contributed by atoms with Crippen LogP contribution in [0.1, 0.15) is 27.7 Å². The molecule has 0 fully saturated rings. The van der Waals surface area contributed by atoms with Crippen LogP contribution in [0.15, 0.2) is 0 Å². The second kappa shape index (κ2) is 17.8. The topological polar surface area (TPSA) is 56.2 Å². The Morgan fingerprint density at radius 2 is 1.16 bits per heavy atom. The quantitative estimate of drug-likeness (QED) is 0.544. The van der Waals surface area contributed by atoms with E-state index in [1.807, 2.05) is 0 Å². The molecule has 0 spiro atoms. The Labute approximate surface area is 119 Å². The van der Waals surface area contributed by atoms with Gasteiger partial charge in [0, 0.05) is 13.1 Å². The predicted molar refractivity (Wildman–Crippen MR) is 80.6 cm³/mol. The molecule has 0 rings (SSSR count). The lowest BCUT2D eigenvalue weighted by Crippen LogP contribution is -2.27. The van der Waals surface area contributed by atoms with Gasteiger partial charge in [0.25, 0.3) is 0 Å². The summed E-state index contributed by atoms with van der Waals surface area (Å²) < 4.78 is 5.13. The van der Waals surface area contributed by atoms with Gasteiger partial charge in [-0.05, 0) is 26.2 Å². The third-order valence-electron chi connectivity index (χ3n) is 2.99. The van der Waals surface area contributed by atoms with Crippen LogP contribution in [0.4, 0.5) is 0 Å². The summed E-state index contributed by atoms with van der Waals surface area (Å²) in [6.07, 6.45) is 0. The molecule has 5 nitrogen and oxygen atoms in total. The molecule has 0 bridgehead atoms. The van der Waals surface area contributed by atoms with E-state index in [0.717, 1.165) is 45.9 Å². The molecule has 0 unspecified atom stereocenters. The van der Waals surface area contributed by atoms with Crippen molar-refractivity contribution in [3.8, 4) is 0 Å². The zero-order valence-corrected chi connectivity index (χ0v) is 13.3. The van der Waals surface area contributed by atoms with Gasteiger partial charge in [0.2, 0.25) is 0 Å². The van der Waals surface area contributed by atoms with Crippen molar-refractivity contribution in [1.29, 1.82) is 0 Å². The van der Waals surface area contributed by atoms with Gasteiger partial charge in [-0.15, -0.1) is 0 Å². The van der Waals surface area contributed by atoms with Gasteiger partial charge in [0.05, 0.1) is 26.4 Å². The number of nitrogens with zero attached hydrogens (tertiary/aromatic N) is 2. The third kappa shape index (κ3) is 15.7. The van der Waals surface area contributed by atoms with E-state index in [-0.39, 0.29) is 13.2 Å². The number of hydrogen-bond acceptors (Lipinski definition) is 5. The van der Waals surface area contributed by atoms with Gasteiger partial charge >= 0.3 is 0 Å². The highest BCUT2D eigenvalue weighted by Crippen LogP contribution is 1.86. The van der Waals surface area contributed by atoms with Crippen molar-refractivity contribution in [3.63, 3.8) is 0 Å². The molecule has 0 amide bonds. The Balaban J connectivity index is 0. The molecule has 0 aliphatic rings. The number of aliphatic hydroxyl groups is 2. The highest BCUT2D eigenvalue weighted by Gasteiger charge is 1.96. The highest BCUT2D eigenvalue weighted by atomic mass is 16.5. The minimum absolute atomic E-state index is 0.123. The maximum absolute atomic E-state index is 8.46. The molecule has 0 saturated carbocycles. The molecule has 0 aromatic carbocycles. The number of ether oxygens (including phenoxy) is 1. The van der Waals surface area contributed by atoms with E-state index >= 15 is 0 Å². The molecule has 0 saturated heterocycles. The van der Waals surface area contributed by atoms with E-state index in [4.69, 9.17) is 14.9 Å². The number of likely N-dealkylation sites (N-methyl/N-ethyl adjacent to an activating group) is 2. The predicted octanol–water partition coefficient (Wildman–Crippen LogP) is 0.658. The lowest BCUT2D eigenvalue weighted by Gasteiger charge is -2.17. The fraction of sp³-hybridized carbons (Fsp3) is 1.00. The second-order valence-electron chi connectivity index (χ2n) is 4.11. The molecule has 2 N–H and O–H groups in total. The van der Waals surface area contributed by atoms with Gasteiger partial charge in [-0.25, -0.2) is 0 Å². The van der Waals surface area contributed by atoms with Gasteiger partial charge in [0.15, 0.2) is 0 Å². The Bertz CT molecular complexity index is 152. The maximum atomic E-state index is 8.46. The number of rotatable bonds is 11. The number of aliphatic hydroxyl groups excluding tert-OH is 2. The average Bonchev–Trinajstić information content (AvgIpc) is 2.45. The van der Waals surface area contributed by atoms with E-state index in [1.165, 1.54) is 0 Å². The van der Waals surface area contributed by atoms with Crippen LogP contribution in [-0.2, 0) is 4.74 Å². The van der Waals surface area contributed by atoms with Crippen LogP contribution in [0, 0.1) is 0 Å². The molecule has 0 aromatic heterocycles. The highest BCUT2D eigenvalue weighted by molar-refractivity contribution is 4.49. The summed E-state index contributed by atoms with van der Waals surface area (Å²) >= 11 is 0. The lowest BCUT2D eigenvalue weighted by atomic mass is 10.5. The average molecular weight is 278 g/mol. The largest absolute Gasteiger partial charge is 0.395 e. The monoisotopic (exact) mass is 278 g/mol. The fourth-order valence-corrected chi connectivity index (χ4v) is 1.58. The Kier molecular flexibility index (Phi) is 19.8. The number of hydrogen-bond donors (Lipinski definition) is 2. The van der Waals surface area contributed by atoms with Gasteiger partial charge in [-0.2, -0.15) is 0 Å². The zero-order chi connectivity index (χ0) is 14.9. The van der Waals surface area contributed by atoms with Crippen molar-refractivity contribution < 1.29 is 14.9 Å². The van der Waals surface area contributed by atoms with Crippen LogP contribution in [0.5, 0.6) is 0 Å². The van der Waals surface area contributed by atoms with E-state index < -0.39 is 0 Å². The van der Waals surface area contributed by atoms with Gasteiger partial charge in [-0.1, -0.05) is 27.7 Å². The summed E-state index contributed by atoms with van der Waals surface area (Å²) in [5, 5.41) is 16.9. The Hall–Kier alpha value is -0.200. The van der Waals surface area contributed by atoms with Crippen molar-refractivity contribution in [1.82, 2.24) is 9.80 Å². The van der Waals surface area contributed by atoms with Gasteiger partial charge in [-0.3, -0.25) is 0 Å². The summed E-state index contributed by atoms with van der Waals surface area (Å²) in [6.45, 7) is 16.0. The summed E-state index contributed by atoms with van der Waals surface area (Å²) in [5.41, 5.74) is 0. The van der Waals surface area contributed by atoms with Crippen molar-refractivity contribution in [3.05, 3.63) is 0 Å². The second-order valence-corrected chi connectivity index (χ2v) is 4.11. The Morgan fingerprint density at radius 1 is 0.684 bits per heavy atom. The fourth-order valence-electron chi connectivity index (χ4n) is 1.58. The van der Waals surface area contributed by atoms with Crippen LogP contribution in [0.25, 0.3) is 0 Å². The molecule has 19 heavy (non-hydrogen) atoms. The van der Waals surface area contributed by atoms with E-state index in [9.17, 15) is 0 Å². The molecule has 0 atom stereocenters. The minimum Gasteiger partial charge on any atom is -0.395 e. The van der Waals surface area contributed by atoms with Crippen molar-refractivity contribution in [2.75, 3.05) is 65.7 Å². The normalized spacial score (nSPS) is 10.7. The van der Waals surface area contributed by atoms with E-state index in [0.29, 0.717) is 6.61 Å². The summed E-state index contributed by atoms with van der Waals surface area (Å²) in [7, 11) is 0. The first-order valence-corrected chi connectivity index (χ1v) is 7.44. The molecule has 118 valence electrons. The SMILES string of the molecule is CCN(CC)CCO.CCN(CC)CCOCCO. The summed E-state index contributed by atoms with van der Waals surface area (Å²) in [5.74, 6) is 0. The van der Waals surface area contributed by atoms with Crippen LogP contribution in [-0.4, -0.2) is 85.7 Å². The Morgan fingerprint density at radius 3 is 1.47 bits per heavy atom. The minimum atomic E-state index is 0.123. The first-order chi connectivity index (χ1) is 9.19. The summed E-state index contributed by atoms with van der Waals surface area (Å²) in [6, 6.07) is 0. The molecule has 0 aliphatic carbocycles. The summed E-state index contributed by atoms with van der Waals surface area (Å²) in [4.78, 5) is 4.47. The van der Waals surface area contributed by atoms with E-state index in [1.54, 1.807) is 0 Å².